The summed E-state index contributed by atoms with van der Waals surface area (Å²) in [5.74, 6) is 0. The van der Waals surface area contributed by atoms with Crippen LogP contribution in [0.4, 0.5) is 0 Å². The number of hydrogen-bond acceptors (Lipinski definition) is 2. The van der Waals surface area contributed by atoms with Crippen molar-refractivity contribution >= 4 is 20.7 Å². The maximum absolute atomic E-state index is 12.9. The predicted octanol–water partition coefficient (Wildman–Crippen LogP) is 4.34. The third-order valence-electron chi connectivity index (χ3n) is 3.90. The van der Waals surface area contributed by atoms with E-state index in [0.29, 0.717) is 9.79 Å². The molecular weight excluding hydrogens is 294 g/mol. The van der Waals surface area contributed by atoms with Crippen LogP contribution >= 0.6 is 0 Å². The summed E-state index contributed by atoms with van der Waals surface area (Å²) in [5, 5.41) is 0.833. The van der Waals surface area contributed by atoms with E-state index in [0.717, 1.165) is 35.7 Å². The molecule has 0 aliphatic rings. The number of aryl methyl sites for hydroxylation is 1. The standard InChI is InChI=1S/C18H19NO2S/c1-2-3-8-14-9-7-12-16-18(14)17(13-19-16)22(20,21)15-10-5-4-6-11-15/h4-7,9-13,19H,2-3,8H2,1H3. The van der Waals surface area contributed by atoms with Gasteiger partial charge in [0.05, 0.1) is 9.79 Å². The second kappa shape index (κ2) is 5.97. The Hall–Kier alpha value is -2.07. The van der Waals surface area contributed by atoms with Crippen molar-refractivity contribution in [1.29, 1.82) is 0 Å². The van der Waals surface area contributed by atoms with E-state index in [-0.39, 0.29) is 0 Å². The van der Waals surface area contributed by atoms with E-state index in [1.54, 1.807) is 30.5 Å². The highest BCUT2D eigenvalue weighted by atomic mass is 32.2. The molecule has 0 unspecified atom stereocenters. The lowest BCUT2D eigenvalue weighted by molar-refractivity contribution is 0.597. The number of fused-ring (bicyclic) bond motifs is 1. The molecule has 3 rings (SSSR count). The number of sulfone groups is 1. The Balaban J connectivity index is 2.19. The highest BCUT2D eigenvalue weighted by molar-refractivity contribution is 7.91. The average Bonchev–Trinajstić information content (AvgIpc) is 2.99. The van der Waals surface area contributed by atoms with Crippen LogP contribution in [0.3, 0.4) is 0 Å². The Morgan fingerprint density at radius 2 is 1.77 bits per heavy atom. The first-order valence-corrected chi connectivity index (χ1v) is 9.02. The normalized spacial score (nSPS) is 11.9. The van der Waals surface area contributed by atoms with Gasteiger partial charge in [-0.25, -0.2) is 8.42 Å². The van der Waals surface area contributed by atoms with Crippen molar-refractivity contribution in [3.63, 3.8) is 0 Å². The number of aromatic amines is 1. The molecule has 3 nitrogen and oxygen atoms in total. The molecule has 0 amide bonds. The molecule has 1 aromatic heterocycles. The topological polar surface area (TPSA) is 49.9 Å². The van der Waals surface area contributed by atoms with Gasteiger partial charge in [-0.05, 0) is 36.6 Å². The maximum atomic E-state index is 12.9. The Morgan fingerprint density at radius 1 is 1.00 bits per heavy atom. The van der Waals surface area contributed by atoms with E-state index in [1.165, 1.54) is 0 Å². The molecule has 0 aliphatic carbocycles. The fourth-order valence-corrected chi connectivity index (χ4v) is 4.23. The second-order valence-corrected chi connectivity index (χ2v) is 7.33. The van der Waals surface area contributed by atoms with Crippen molar-refractivity contribution < 1.29 is 8.42 Å². The fraction of sp³-hybridized carbons (Fsp3) is 0.222. The number of H-pyrrole nitrogens is 1. The first-order valence-electron chi connectivity index (χ1n) is 7.53. The van der Waals surface area contributed by atoms with Crippen LogP contribution < -0.4 is 0 Å². The molecule has 22 heavy (non-hydrogen) atoms. The first-order chi connectivity index (χ1) is 10.6. The van der Waals surface area contributed by atoms with E-state index in [9.17, 15) is 8.42 Å². The first kappa shape index (κ1) is 14.9. The summed E-state index contributed by atoms with van der Waals surface area (Å²) >= 11 is 0. The van der Waals surface area contributed by atoms with Gasteiger partial charge >= 0.3 is 0 Å². The summed E-state index contributed by atoms with van der Waals surface area (Å²) < 4.78 is 25.8. The molecule has 0 saturated carbocycles. The minimum Gasteiger partial charge on any atom is -0.360 e. The zero-order valence-corrected chi connectivity index (χ0v) is 13.4. The maximum Gasteiger partial charge on any atom is 0.208 e. The van der Waals surface area contributed by atoms with Gasteiger partial charge in [0.15, 0.2) is 0 Å². The summed E-state index contributed by atoms with van der Waals surface area (Å²) in [4.78, 5) is 3.81. The largest absolute Gasteiger partial charge is 0.360 e. The van der Waals surface area contributed by atoms with E-state index in [2.05, 4.69) is 11.9 Å². The molecule has 114 valence electrons. The predicted molar refractivity (Wildman–Crippen MR) is 88.8 cm³/mol. The molecule has 0 radical (unpaired) electrons. The molecule has 4 heteroatoms. The molecule has 0 aliphatic heterocycles. The summed E-state index contributed by atoms with van der Waals surface area (Å²) in [6, 6.07) is 14.5. The molecule has 0 atom stereocenters. The Kier molecular flexibility index (Phi) is 4.03. The molecule has 1 heterocycles. The third-order valence-corrected chi connectivity index (χ3v) is 5.69. The molecular formula is C18H19NO2S. The molecule has 1 N–H and O–H groups in total. The third kappa shape index (κ3) is 2.55. The number of hydrogen-bond donors (Lipinski definition) is 1. The lowest BCUT2D eigenvalue weighted by atomic mass is 10.0. The van der Waals surface area contributed by atoms with Crippen molar-refractivity contribution in [2.75, 3.05) is 0 Å². The van der Waals surface area contributed by atoms with E-state index in [4.69, 9.17) is 0 Å². The van der Waals surface area contributed by atoms with Crippen molar-refractivity contribution in [1.82, 2.24) is 4.98 Å². The van der Waals surface area contributed by atoms with Crippen LogP contribution in [0.1, 0.15) is 25.3 Å². The summed E-state index contributed by atoms with van der Waals surface area (Å²) in [5.41, 5.74) is 1.97. The molecule has 0 fully saturated rings. The van der Waals surface area contributed by atoms with Gasteiger partial charge in [-0.15, -0.1) is 0 Å². The van der Waals surface area contributed by atoms with Gasteiger partial charge in [0.25, 0.3) is 0 Å². The lowest BCUT2D eigenvalue weighted by Gasteiger charge is -2.07. The second-order valence-electron chi connectivity index (χ2n) is 5.41. The number of rotatable bonds is 5. The SMILES string of the molecule is CCCCc1cccc2[nH]cc(S(=O)(=O)c3ccccc3)c12. The molecule has 0 bridgehead atoms. The Bertz CT molecular complexity index is 880. The van der Waals surface area contributed by atoms with E-state index in [1.807, 2.05) is 24.3 Å². The van der Waals surface area contributed by atoms with Gasteiger partial charge in [0.1, 0.15) is 0 Å². The van der Waals surface area contributed by atoms with Gasteiger partial charge in [-0.1, -0.05) is 43.7 Å². The monoisotopic (exact) mass is 313 g/mol. The number of benzene rings is 2. The van der Waals surface area contributed by atoms with Crippen molar-refractivity contribution in [3.8, 4) is 0 Å². The van der Waals surface area contributed by atoms with Gasteiger partial charge < -0.3 is 4.98 Å². The van der Waals surface area contributed by atoms with Crippen LogP contribution in [0, 0.1) is 0 Å². The fourth-order valence-electron chi connectivity index (χ4n) is 2.74. The van der Waals surface area contributed by atoms with E-state index >= 15 is 0 Å². The minimum atomic E-state index is -3.50. The summed E-state index contributed by atoms with van der Waals surface area (Å²) in [6.45, 7) is 2.14. The molecule has 0 spiro atoms. The van der Waals surface area contributed by atoms with Crippen LogP contribution in [0.5, 0.6) is 0 Å². The summed E-state index contributed by atoms with van der Waals surface area (Å²) in [6.07, 6.45) is 4.64. The quantitative estimate of drug-likeness (QED) is 0.761. The molecule has 0 saturated heterocycles. The van der Waals surface area contributed by atoms with E-state index < -0.39 is 9.84 Å². The molecule has 2 aromatic carbocycles. The summed E-state index contributed by atoms with van der Waals surface area (Å²) in [7, 11) is -3.50. The highest BCUT2D eigenvalue weighted by Crippen LogP contribution is 2.31. The zero-order chi connectivity index (χ0) is 15.6. The Labute approximate surface area is 130 Å². The van der Waals surface area contributed by atoms with Gasteiger partial charge in [0.2, 0.25) is 9.84 Å². The van der Waals surface area contributed by atoms with Crippen molar-refractivity contribution in [2.45, 2.75) is 36.0 Å². The lowest BCUT2D eigenvalue weighted by Crippen LogP contribution is -2.02. The molecule has 3 aromatic rings. The number of nitrogens with one attached hydrogen (secondary N) is 1. The van der Waals surface area contributed by atoms with Crippen molar-refractivity contribution in [2.24, 2.45) is 0 Å². The van der Waals surface area contributed by atoms with Gasteiger partial charge in [-0.2, -0.15) is 0 Å². The Morgan fingerprint density at radius 3 is 2.50 bits per heavy atom. The smallest absolute Gasteiger partial charge is 0.208 e. The zero-order valence-electron chi connectivity index (χ0n) is 12.5. The van der Waals surface area contributed by atoms with Crippen LogP contribution in [-0.4, -0.2) is 13.4 Å². The number of unbranched alkanes of at least 4 members (excludes halogenated alkanes) is 1. The van der Waals surface area contributed by atoms with Gasteiger partial charge in [-0.3, -0.25) is 0 Å². The van der Waals surface area contributed by atoms with Crippen LogP contribution in [0.15, 0.2) is 64.5 Å². The van der Waals surface area contributed by atoms with Crippen LogP contribution in [-0.2, 0) is 16.3 Å². The number of aromatic nitrogens is 1. The van der Waals surface area contributed by atoms with Crippen LogP contribution in [0.25, 0.3) is 10.9 Å². The highest BCUT2D eigenvalue weighted by Gasteiger charge is 2.22. The minimum absolute atomic E-state index is 0.334. The van der Waals surface area contributed by atoms with Crippen LogP contribution in [0.2, 0.25) is 0 Å². The average molecular weight is 313 g/mol. The van der Waals surface area contributed by atoms with Gasteiger partial charge in [0, 0.05) is 17.1 Å². The van der Waals surface area contributed by atoms with Crippen molar-refractivity contribution in [3.05, 3.63) is 60.3 Å².